The SMILES string of the molecule is Cc1occc1-c1nnc(SC(C)C(=O)Nc2cccc(F)c2)n1C. The monoisotopic (exact) mass is 360 g/mol. The lowest BCUT2D eigenvalue weighted by atomic mass is 10.2. The third-order valence-electron chi connectivity index (χ3n) is 3.68. The van der Waals surface area contributed by atoms with Crippen molar-refractivity contribution in [1.29, 1.82) is 0 Å². The normalized spacial score (nSPS) is 12.2. The molecular weight excluding hydrogens is 343 g/mol. The number of halogens is 1. The summed E-state index contributed by atoms with van der Waals surface area (Å²) < 4.78 is 20.3. The topological polar surface area (TPSA) is 72.9 Å². The number of nitrogens with one attached hydrogen (secondary N) is 1. The van der Waals surface area contributed by atoms with E-state index in [1.165, 1.54) is 23.9 Å². The van der Waals surface area contributed by atoms with E-state index in [2.05, 4.69) is 15.5 Å². The van der Waals surface area contributed by atoms with Crippen LogP contribution in [-0.4, -0.2) is 25.9 Å². The van der Waals surface area contributed by atoms with Crippen molar-refractivity contribution in [3.63, 3.8) is 0 Å². The van der Waals surface area contributed by atoms with Gasteiger partial charge in [0.15, 0.2) is 11.0 Å². The van der Waals surface area contributed by atoms with Gasteiger partial charge in [0, 0.05) is 12.7 Å². The number of hydrogen-bond donors (Lipinski definition) is 1. The van der Waals surface area contributed by atoms with Crippen LogP contribution in [-0.2, 0) is 11.8 Å². The Balaban J connectivity index is 1.71. The van der Waals surface area contributed by atoms with Gasteiger partial charge < -0.3 is 14.3 Å². The first-order chi connectivity index (χ1) is 12.0. The highest BCUT2D eigenvalue weighted by atomic mass is 32.2. The Labute approximate surface area is 148 Å². The molecule has 0 bridgehead atoms. The van der Waals surface area contributed by atoms with Gasteiger partial charge in [0.2, 0.25) is 5.91 Å². The molecule has 0 saturated heterocycles. The number of aromatic nitrogens is 3. The third kappa shape index (κ3) is 3.74. The first-order valence-electron chi connectivity index (χ1n) is 7.62. The predicted molar refractivity (Wildman–Crippen MR) is 93.8 cm³/mol. The Morgan fingerprint density at radius 2 is 2.16 bits per heavy atom. The number of anilines is 1. The molecule has 25 heavy (non-hydrogen) atoms. The lowest BCUT2D eigenvalue weighted by Crippen LogP contribution is -2.22. The van der Waals surface area contributed by atoms with Gasteiger partial charge in [0.25, 0.3) is 0 Å². The average Bonchev–Trinajstić information content (AvgIpc) is 3.13. The maximum atomic E-state index is 13.2. The van der Waals surface area contributed by atoms with Crippen molar-refractivity contribution in [2.45, 2.75) is 24.3 Å². The Morgan fingerprint density at radius 3 is 2.84 bits per heavy atom. The number of rotatable bonds is 5. The second-order valence-corrected chi connectivity index (χ2v) is 6.82. The molecule has 0 saturated carbocycles. The van der Waals surface area contributed by atoms with Crippen molar-refractivity contribution in [3.8, 4) is 11.4 Å². The van der Waals surface area contributed by atoms with Crippen LogP contribution in [0.4, 0.5) is 10.1 Å². The van der Waals surface area contributed by atoms with Crippen LogP contribution in [0.1, 0.15) is 12.7 Å². The van der Waals surface area contributed by atoms with Crippen LogP contribution in [0.15, 0.2) is 46.2 Å². The third-order valence-corrected chi connectivity index (χ3v) is 4.81. The quantitative estimate of drug-likeness (QED) is 0.703. The van der Waals surface area contributed by atoms with Gasteiger partial charge in [-0.05, 0) is 38.1 Å². The van der Waals surface area contributed by atoms with E-state index in [-0.39, 0.29) is 5.91 Å². The van der Waals surface area contributed by atoms with E-state index in [1.807, 2.05) is 24.6 Å². The number of carbonyl (C=O) groups excluding carboxylic acids is 1. The highest BCUT2D eigenvalue weighted by Crippen LogP contribution is 2.28. The standard InChI is InChI=1S/C17H17FN4O2S/c1-10-14(7-8-24-10)15-20-21-17(22(15)3)25-11(2)16(23)19-13-6-4-5-12(18)9-13/h4-9,11H,1-3H3,(H,19,23). The Hall–Kier alpha value is -2.61. The smallest absolute Gasteiger partial charge is 0.237 e. The zero-order chi connectivity index (χ0) is 18.0. The second kappa shape index (κ2) is 7.10. The minimum atomic E-state index is -0.426. The predicted octanol–water partition coefficient (Wildman–Crippen LogP) is 3.64. The number of benzene rings is 1. The summed E-state index contributed by atoms with van der Waals surface area (Å²) in [7, 11) is 1.83. The van der Waals surface area contributed by atoms with Gasteiger partial charge in [-0.2, -0.15) is 0 Å². The number of nitrogens with zero attached hydrogens (tertiary/aromatic N) is 3. The molecule has 1 N–H and O–H groups in total. The molecule has 1 amide bonds. The zero-order valence-electron chi connectivity index (χ0n) is 14.0. The van der Waals surface area contributed by atoms with Crippen LogP contribution >= 0.6 is 11.8 Å². The number of aryl methyl sites for hydroxylation is 1. The van der Waals surface area contributed by atoms with E-state index < -0.39 is 11.1 Å². The van der Waals surface area contributed by atoms with Gasteiger partial charge in [-0.25, -0.2) is 4.39 Å². The first-order valence-corrected chi connectivity index (χ1v) is 8.50. The minimum Gasteiger partial charge on any atom is -0.469 e. The molecule has 1 unspecified atom stereocenters. The Morgan fingerprint density at radius 1 is 1.36 bits per heavy atom. The maximum absolute atomic E-state index is 13.2. The summed E-state index contributed by atoms with van der Waals surface area (Å²) in [6.45, 7) is 3.61. The molecule has 2 heterocycles. The Kier molecular flexibility index (Phi) is 4.89. The van der Waals surface area contributed by atoms with Crippen molar-refractivity contribution in [2.75, 3.05) is 5.32 Å². The fourth-order valence-electron chi connectivity index (χ4n) is 2.29. The van der Waals surface area contributed by atoms with E-state index in [4.69, 9.17) is 4.42 Å². The molecule has 0 aliphatic rings. The molecule has 6 nitrogen and oxygen atoms in total. The summed E-state index contributed by atoms with van der Waals surface area (Å²) in [6, 6.07) is 7.61. The number of hydrogen-bond acceptors (Lipinski definition) is 5. The van der Waals surface area contributed by atoms with Crippen molar-refractivity contribution in [3.05, 3.63) is 48.2 Å². The van der Waals surface area contributed by atoms with Crippen LogP contribution in [0.3, 0.4) is 0 Å². The van der Waals surface area contributed by atoms with E-state index in [0.717, 1.165) is 11.3 Å². The molecule has 0 aliphatic carbocycles. The van der Waals surface area contributed by atoms with Gasteiger partial charge in [-0.15, -0.1) is 10.2 Å². The Bertz CT molecular complexity index is 906. The lowest BCUT2D eigenvalue weighted by molar-refractivity contribution is -0.115. The number of thioether (sulfide) groups is 1. The molecule has 0 aliphatic heterocycles. The molecule has 1 atom stereocenters. The highest BCUT2D eigenvalue weighted by molar-refractivity contribution is 8.00. The first kappa shape index (κ1) is 17.2. The molecule has 0 fully saturated rings. The summed E-state index contributed by atoms with van der Waals surface area (Å²) in [4.78, 5) is 12.3. The van der Waals surface area contributed by atoms with Crippen LogP contribution in [0.25, 0.3) is 11.4 Å². The number of amides is 1. The van der Waals surface area contributed by atoms with Crippen molar-refractivity contribution in [1.82, 2.24) is 14.8 Å². The zero-order valence-corrected chi connectivity index (χ0v) is 14.8. The molecule has 0 radical (unpaired) electrons. The van der Waals surface area contributed by atoms with Gasteiger partial charge in [-0.1, -0.05) is 17.8 Å². The second-order valence-electron chi connectivity index (χ2n) is 5.52. The summed E-state index contributed by atoms with van der Waals surface area (Å²) in [5.74, 6) is 0.793. The van der Waals surface area contributed by atoms with Crippen molar-refractivity contribution in [2.24, 2.45) is 7.05 Å². The van der Waals surface area contributed by atoms with Crippen molar-refractivity contribution >= 4 is 23.4 Å². The molecule has 3 aromatic rings. The van der Waals surface area contributed by atoms with Crippen LogP contribution < -0.4 is 5.32 Å². The van der Waals surface area contributed by atoms with Crippen LogP contribution in [0, 0.1) is 12.7 Å². The van der Waals surface area contributed by atoms with E-state index >= 15 is 0 Å². The number of carbonyl (C=O) groups is 1. The van der Waals surface area contributed by atoms with Gasteiger partial charge >= 0.3 is 0 Å². The van der Waals surface area contributed by atoms with E-state index in [1.54, 1.807) is 25.3 Å². The highest BCUT2D eigenvalue weighted by Gasteiger charge is 2.20. The van der Waals surface area contributed by atoms with Crippen LogP contribution in [0.5, 0.6) is 0 Å². The minimum absolute atomic E-state index is 0.236. The molecule has 8 heteroatoms. The molecule has 3 rings (SSSR count). The van der Waals surface area contributed by atoms with Crippen LogP contribution in [0.2, 0.25) is 0 Å². The van der Waals surface area contributed by atoms with E-state index in [9.17, 15) is 9.18 Å². The molecule has 130 valence electrons. The molecule has 1 aromatic carbocycles. The average molecular weight is 360 g/mol. The fourth-order valence-corrected chi connectivity index (χ4v) is 3.11. The largest absolute Gasteiger partial charge is 0.469 e. The summed E-state index contributed by atoms with van der Waals surface area (Å²) >= 11 is 1.28. The van der Waals surface area contributed by atoms with E-state index in [0.29, 0.717) is 16.7 Å². The van der Waals surface area contributed by atoms with Crippen molar-refractivity contribution < 1.29 is 13.6 Å². The summed E-state index contributed by atoms with van der Waals surface area (Å²) in [5, 5.41) is 11.2. The lowest BCUT2D eigenvalue weighted by Gasteiger charge is -2.11. The fraction of sp³-hybridized carbons (Fsp3) is 0.235. The molecule has 2 aromatic heterocycles. The maximum Gasteiger partial charge on any atom is 0.237 e. The van der Waals surface area contributed by atoms with Gasteiger partial charge in [-0.3, -0.25) is 4.79 Å². The molecular formula is C17H17FN4O2S. The summed E-state index contributed by atoms with van der Waals surface area (Å²) in [5.41, 5.74) is 1.28. The number of furan rings is 1. The molecule has 0 spiro atoms. The van der Waals surface area contributed by atoms with Gasteiger partial charge in [0.05, 0.1) is 17.1 Å². The summed E-state index contributed by atoms with van der Waals surface area (Å²) in [6.07, 6.45) is 1.60. The van der Waals surface area contributed by atoms with Gasteiger partial charge in [0.1, 0.15) is 11.6 Å².